The molecule has 0 saturated heterocycles. The van der Waals surface area contributed by atoms with Crippen LogP contribution in [0, 0.1) is 0 Å². The maximum Gasteiger partial charge on any atom is 0.329 e. The van der Waals surface area contributed by atoms with Crippen molar-refractivity contribution >= 4 is 46.1 Å². The number of benzene rings is 3. The summed E-state index contributed by atoms with van der Waals surface area (Å²) in [4.78, 5) is 24.1. The van der Waals surface area contributed by atoms with Crippen molar-refractivity contribution in [2.75, 3.05) is 11.9 Å². The molecule has 0 fully saturated rings. The molecular formula is C22H20ClN3O3. The minimum Gasteiger partial charge on any atom is -0.493 e. The fourth-order valence-corrected chi connectivity index (χ4v) is 2.90. The van der Waals surface area contributed by atoms with Gasteiger partial charge in [0.25, 0.3) is 0 Å². The molecule has 3 aromatic rings. The summed E-state index contributed by atoms with van der Waals surface area (Å²) in [5, 5.41) is 8.82. The van der Waals surface area contributed by atoms with Gasteiger partial charge in [-0.1, -0.05) is 54.9 Å². The molecule has 0 unspecified atom stereocenters. The molecule has 0 heterocycles. The summed E-state index contributed by atoms with van der Waals surface area (Å²) in [7, 11) is 0. The number of carbonyl (C=O) groups is 2. The summed E-state index contributed by atoms with van der Waals surface area (Å²) >= 11 is 5.87. The van der Waals surface area contributed by atoms with Crippen molar-refractivity contribution in [3.8, 4) is 5.75 Å². The van der Waals surface area contributed by atoms with Crippen molar-refractivity contribution in [1.29, 1.82) is 0 Å². The molecule has 3 rings (SSSR count). The number of halogens is 1. The van der Waals surface area contributed by atoms with Crippen LogP contribution in [0.5, 0.6) is 5.75 Å². The average Bonchev–Trinajstić information content (AvgIpc) is 2.72. The maximum atomic E-state index is 12.0. The van der Waals surface area contributed by atoms with Crippen LogP contribution in [0.15, 0.2) is 65.8 Å². The van der Waals surface area contributed by atoms with E-state index < -0.39 is 11.8 Å². The van der Waals surface area contributed by atoms with Crippen LogP contribution in [0.1, 0.15) is 18.9 Å². The van der Waals surface area contributed by atoms with Crippen LogP contribution >= 0.6 is 11.6 Å². The normalized spacial score (nSPS) is 10.8. The van der Waals surface area contributed by atoms with E-state index >= 15 is 0 Å². The van der Waals surface area contributed by atoms with Crippen LogP contribution in [0.25, 0.3) is 10.8 Å². The molecule has 0 aliphatic carbocycles. The SMILES string of the molecule is CCCOc1ccc2ccccc2c1/C=N\NC(=O)C(=O)Nc1cccc(Cl)c1. The molecule has 29 heavy (non-hydrogen) atoms. The van der Waals surface area contributed by atoms with Crippen molar-refractivity contribution in [3.63, 3.8) is 0 Å². The Kier molecular flexibility index (Phi) is 6.81. The number of rotatable bonds is 6. The maximum absolute atomic E-state index is 12.0. The lowest BCUT2D eigenvalue weighted by molar-refractivity contribution is -0.136. The lowest BCUT2D eigenvalue weighted by Gasteiger charge is -2.11. The number of hydrazone groups is 1. The number of ether oxygens (including phenoxy) is 1. The van der Waals surface area contributed by atoms with Crippen molar-refractivity contribution < 1.29 is 14.3 Å². The Bertz CT molecular complexity index is 1070. The van der Waals surface area contributed by atoms with Gasteiger partial charge in [-0.2, -0.15) is 5.10 Å². The second-order valence-corrected chi connectivity index (χ2v) is 6.65. The van der Waals surface area contributed by atoms with E-state index in [1.807, 2.05) is 43.3 Å². The van der Waals surface area contributed by atoms with E-state index in [0.29, 0.717) is 23.1 Å². The highest BCUT2D eigenvalue weighted by atomic mass is 35.5. The number of anilines is 1. The molecule has 0 aromatic heterocycles. The van der Waals surface area contributed by atoms with E-state index in [2.05, 4.69) is 15.8 Å². The second kappa shape index (κ2) is 9.71. The predicted molar refractivity (Wildman–Crippen MR) is 116 cm³/mol. The minimum absolute atomic E-state index is 0.422. The molecule has 0 atom stereocenters. The number of nitrogens with one attached hydrogen (secondary N) is 2. The summed E-state index contributed by atoms with van der Waals surface area (Å²) in [5.74, 6) is -1.07. The van der Waals surface area contributed by atoms with Gasteiger partial charge >= 0.3 is 11.8 Å². The molecule has 7 heteroatoms. The molecule has 6 nitrogen and oxygen atoms in total. The topological polar surface area (TPSA) is 79.8 Å². The van der Waals surface area contributed by atoms with E-state index in [1.165, 1.54) is 6.21 Å². The predicted octanol–water partition coefficient (Wildman–Crippen LogP) is 4.37. The fraction of sp³-hybridized carbons (Fsp3) is 0.136. The molecular weight excluding hydrogens is 390 g/mol. The lowest BCUT2D eigenvalue weighted by Crippen LogP contribution is -2.32. The summed E-state index contributed by atoms with van der Waals surface area (Å²) in [5.41, 5.74) is 3.39. The average molecular weight is 410 g/mol. The van der Waals surface area contributed by atoms with Crippen molar-refractivity contribution in [1.82, 2.24) is 5.43 Å². The number of carbonyl (C=O) groups excluding carboxylic acids is 2. The highest BCUT2D eigenvalue weighted by Gasteiger charge is 2.13. The third kappa shape index (κ3) is 5.33. The van der Waals surface area contributed by atoms with Crippen molar-refractivity contribution in [2.45, 2.75) is 13.3 Å². The zero-order valence-electron chi connectivity index (χ0n) is 15.8. The van der Waals surface area contributed by atoms with Gasteiger partial charge in [-0.25, -0.2) is 5.43 Å². The Balaban J connectivity index is 1.74. The van der Waals surface area contributed by atoms with Gasteiger partial charge in [0.1, 0.15) is 5.75 Å². The van der Waals surface area contributed by atoms with Gasteiger partial charge < -0.3 is 10.1 Å². The first kappa shape index (κ1) is 20.4. The summed E-state index contributed by atoms with van der Waals surface area (Å²) in [6.45, 7) is 2.58. The number of hydrogen-bond acceptors (Lipinski definition) is 4. The largest absolute Gasteiger partial charge is 0.493 e. The van der Waals surface area contributed by atoms with Gasteiger partial charge in [-0.3, -0.25) is 9.59 Å². The third-order valence-electron chi connectivity index (χ3n) is 4.04. The molecule has 2 N–H and O–H groups in total. The molecule has 0 saturated carbocycles. The quantitative estimate of drug-likeness (QED) is 0.360. The molecule has 148 valence electrons. The van der Waals surface area contributed by atoms with Gasteiger partial charge in [0.2, 0.25) is 0 Å². The lowest BCUT2D eigenvalue weighted by atomic mass is 10.0. The molecule has 0 aliphatic heterocycles. The van der Waals surface area contributed by atoms with Crippen LogP contribution in [0.3, 0.4) is 0 Å². The second-order valence-electron chi connectivity index (χ2n) is 6.21. The first-order valence-electron chi connectivity index (χ1n) is 9.13. The molecule has 0 radical (unpaired) electrons. The number of nitrogens with zero attached hydrogens (tertiary/aromatic N) is 1. The number of hydrogen-bond donors (Lipinski definition) is 2. The molecule has 0 aliphatic rings. The van der Waals surface area contributed by atoms with E-state index in [0.717, 1.165) is 22.8 Å². The van der Waals surface area contributed by atoms with Crippen LogP contribution < -0.4 is 15.5 Å². The Morgan fingerprint density at radius 3 is 2.69 bits per heavy atom. The zero-order valence-corrected chi connectivity index (χ0v) is 16.6. The minimum atomic E-state index is -0.891. The zero-order chi connectivity index (χ0) is 20.6. The van der Waals surface area contributed by atoms with E-state index in [-0.39, 0.29) is 0 Å². The Morgan fingerprint density at radius 2 is 1.90 bits per heavy atom. The van der Waals surface area contributed by atoms with Gasteiger partial charge in [-0.15, -0.1) is 0 Å². The van der Waals surface area contributed by atoms with Crippen LogP contribution in [0.2, 0.25) is 5.02 Å². The standard InChI is InChI=1S/C22H20ClN3O3/c1-2-12-29-20-11-10-15-6-3-4-9-18(15)19(20)14-24-26-22(28)21(27)25-17-8-5-7-16(23)13-17/h3-11,13-14H,2,12H2,1H3,(H,25,27)(H,26,28)/b24-14-. The van der Waals surface area contributed by atoms with E-state index in [1.54, 1.807) is 24.3 Å². The molecule has 0 spiro atoms. The van der Waals surface area contributed by atoms with E-state index in [4.69, 9.17) is 16.3 Å². The van der Waals surface area contributed by atoms with Gasteiger partial charge in [0, 0.05) is 16.3 Å². The first-order valence-corrected chi connectivity index (χ1v) is 9.50. The molecule has 0 bridgehead atoms. The smallest absolute Gasteiger partial charge is 0.329 e. The molecule has 3 aromatic carbocycles. The van der Waals surface area contributed by atoms with E-state index in [9.17, 15) is 9.59 Å². The number of amides is 2. The Morgan fingerprint density at radius 1 is 1.07 bits per heavy atom. The summed E-state index contributed by atoms with van der Waals surface area (Å²) in [6, 6.07) is 18.1. The highest BCUT2D eigenvalue weighted by molar-refractivity contribution is 6.39. The Hall–Kier alpha value is -3.38. The fourth-order valence-electron chi connectivity index (χ4n) is 2.71. The monoisotopic (exact) mass is 409 g/mol. The Labute approximate surface area is 173 Å². The molecule has 2 amide bonds. The van der Waals surface area contributed by atoms with Gasteiger partial charge in [-0.05, 0) is 41.5 Å². The highest BCUT2D eigenvalue weighted by Crippen LogP contribution is 2.26. The van der Waals surface area contributed by atoms with Crippen LogP contribution in [-0.2, 0) is 9.59 Å². The van der Waals surface area contributed by atoms with Crippen LogP contribution in [0.4, 0.5) is 5.69 Å². The first-order chi connectivity index (χ1) is 14.1. The van der Waals surface area contributed by atoms with Gasteiger partial charge in [0.05, 0.1) is 12.8 Å². The third-order valence-corrected chi connectivity index (χ3v) is 4.28. The van der Waals surface area contributed by atoms with Gasteiger partial charge in [0.15, 0.2) is 0 Å². The summed E-state index contributed by atoms with van der Waals surface area (Å²) < 4.78 is 5.79. The van der Waals surface area contributed by atoms with Crippen molar-refractivity contribution in [2.24, 2.45) is 5.10 Å². The van der Waals surface area contributed by atoms with Crippen LogP contribution in [-0.4, -0.2) is 24.6 Å². The summed E-state index contributed by atoms with van der Waals surface area (Å²) in [6.07, 6.45) is 2.35. The van der Waals surface area contributed by atoms with Crippen molar-refractivity contribution in [3.05, 3.63) is 71.2 Å². The number of fused-ring (bicyclic) bond motifs is 1.